The van der Waals surface area contributed by atoms with Crippen LogP contribution in [-0.2, 0) is 14.8 Å². The van der Waals surface area contributed by atoms with Crippen LogP contribution in [0.15, 0.2) is 17.0 Å². The largest absolute Gasteiger partial charge is 0.321 e. The van der Waals surface area contributed by atoms with Gasteiger partial charge in [-0.05, 0) is 18.1 Å². The number of sulfonamides is 1. The van der Waals surface area contributed by atoms with Crippen LogP contribution >= 0.6 is 0 Å². The second-order valence-electron chi connectivity index (χ2n) is 4.45. The number of carbonyl (C=O) groups excluding carboxylic acids is 1. The van der Waals surface area contributed by atoms with Gasteiger partial charge in [0.15, 0.2) is 11.6 Å². The van der Waals surface area contributed by atoms with Crippen molar-refractivity contribution in [1.29, 1.82) is 0 Å². The highest BCUT2D eigenvalue weighted by Crippen LogP contribution is 2.23. The van der Waals surface area contributed by atoms with Crippen LogP contribution in [0.4, 0.5) is 14.5 Å². The van der Waals surface area contributed by atoms with Crippen LogP contribution in [0.1, 0.15) is 20.3 Å². The van der Waals surface area contributed by atoms with Gasteiger partial charge in [-0.1, -0.05) is 13.8 Å². The molecule has 0 unspecified atom stereocenters. The first kappa shape index (κ1) is 15.5. The van der Waals surface area contributed by atoms with Gasteiger partial charge in [-0.2, -0.15) is 0 Å². The van der Waals surface area contributed by atoms with Gasteiger partial charge in [0, 0.05) is 6.42 Å². The smallest absolute Gasteiger partial charge is 0.238 e. The number of carbonyl (C=O) groups is 1. The molecule has 19 heavy (non-hydrogen) atoms. The van der Waals surface area contributed by atoms with Crippen molar-refractivity contribution in [3.05, 3.63) is 23.8 Å². The quantitative estimate of drug-likeness (QED) is 0.883. The van der Waals surface area contributed by atoms with Crippen molar-refractivity contribution in [2.24, 2.45) is 11.1 Å². The number of benzene rings is 1. The van der Waals surface area contributed by atoms with Gasteiger partial charge in [0.05, 0.1) is 4.90 Å². The Morgan fingerprint density at radius 2 is 1.79 bits per heavy atom. The molecule has 0 aliphatic carbocycles. The number of halogens is 2. The van der Waals surface area contributed by atoms with E-state index in [1.165, 1.54) is 0 Å². The van der Waals surface area contributed by atoms with E-state index >= 15 is 0 Å². The van der Waals surface area contributed by atoms with Gasteiger partial charge >= 0.3 is 0 Å². The van der Waals surface area contributed by atoms with E-state index in [-0.39, 0.29) is 12.3 Å². The van der Waals surface area contributed by atoms with Gasteiger partial charge in [0.2, 0.25) is 15.9 Å². The molecular weight excluding hydrogens is 278 g/mol. The number of hydrogen-bond donors (Lipinski definition) is 2. The molecule has 0 fully saturated rings. The second kappa shape index (κ2) is 5.62. The van der Waals surface area contributed by atoms with Crippen molar-refractivity contribution in [3.8, 4) is 0 Å². The van der Waals surface area contributed by atoms with Gasteiger partial charge in [-0.3, -0.25) is 4.79 Å². The SMILES string of the molecule is CC(C)CC(=O)Nc1c(F)cc(S(N)(=O)=O)cc1F. The molecule has 0 saturated carbocycles. The van der Waals surface area contributed by atoms with E-state index < -0.39 is 38.1 Å². The molecule has 0 saturated heterocycles. The summed E-state index contributed by atoms with van der Waals surface area (Å²) in [5, 5.41) is 6.83. The van der Waals surface area contributed by atoms with Crippen LogP contribution in [0.5, 0.6) is 0 Å². The number of hydrogen-bond acceptors (Lipinski definition) is 3. The predicted molar refractivity (Wildman–Crippen MR) is 65.8 cm³/mol. The van der Waals surface area contributed by atoms with Crippen LogP contribution in [-0.4, -0.2) is 14.3 Å². The molecule has 5 nitrogen and oxygen atoms in total. The minimum atomic E-state index is -4.20. The van der Waals surface area contributed by atoms with E-state index in [4.69, 9.17) is 5.14 Å². The summed E-state index contributed by atoms with van der Waals surface area (Å²) in [5.74, 6) is -2.92. The minimum absolute atomic E-state index is 0.0230. The Balaban J connectivity index is 3.08. The summed E-state index contributed by atoms with van der Waals surface area (Å²) in [6.45, 7) is 3.55. The zero-order valence-electron chi connectivity index (χ0n) is 10.4. The van der Waals surface area contributed by atoms with Gasteiger partial charge in [0.25, 0.3) is 0 Å². The maximum absolute atomic E-state index is 13.6. The molecule has 0 atom stereocenters. The van der Waals surface area contributed by atoms with Gasteiger partial charge in [-0.15, -0.1) is 0 Å². The Morgan fingerprint density at radius 1 is 1.32 bits per heavy atom. The Labute approximate surface area is 109 Å². The molecule has 1 aromatic carbocycles. The molecule has 0 bridgehead atoms. The standard InChI is InChI=1S/C11H14F2N2O3S/c1-6(2)3-10(16)15-11-8(12)4-7(5-9(11)13)19(14,17)18/h4-6H,3H2,1-2H3,(H,15,16)(H2,14,17,18). The van der Waals surface area contributed by atoms with Crippen LogP contribution in [0.25, 0.3) is 0 Å². The molecule has 0 aliphatic heterocycles. The van der Waals surface area contributed by atoms with E-state index in [0.717, 1.165) is 0 Å². The molecule has 0 heterocycles. The molecule has 3 N–H and O–H groups in total. The van der Waals surface area contributed by atoms with Gasteiger partial charge < -0.3 is 5.32 Å². The average Bonchev–Trinajstić information content (AvgIpc) is 2.20. The minimum Gasteiger partial charge on any atom is -0.321 e. The van der Waals surface area contributed by atoms with E-state index in [2.05, 4.69) is 5.32 Å². The molecule has 1 aromatic rings. The van der Waals surface area contributed by atoms with Gasteiger partial charge in [0.1, 0.15) is 5.69 Å². The topological polar surface area (TPSA) is 89.3 Å². The monoisotopic (exact) mass is 292 g/mol. The van der Waals surface area contributed by atoms with Crippen molar-refractivity contribution in [3.63, 3.8) is 0 Å². The third-order valence-corrected chi connectivity index (χ3v) is 3.09. The molecule has 0 aromatic heterocycles. The first-order valence-corrected chi connectivity index (χ1v) is 6.97. The normalized spacial score (nSPS) is 11.7. The lowest BCUT2D eigenvalue weighted by molar-refractivity contribution is -0.116. The highest BCUT2D eigenvalue weighted by molar-refractivity contribution is 7.89. The first-order chi connectivity index (χ1) is 8.61. The fraction of sp³-hybridized carbons (Fsp3) is 0.364. The van der Waals surface area contributed by atoms with E-state index in [9.17, 15) is 22.0 Å². The van der Waals surface area contributed by atoms with E-state index in [1.807, 2.05) is 0 Å². The average molecular weight is 292 g/mol. The number of nitrogens with two attached hydrogens (primary N) is 1. The molecule has 0 radical (unpaired) electrons. The van der Waals surface area contributed by atoms with Crippen LogP contribution < -0.4 is 10.5 Å². The highest BCUT2D eigenvalue weighted by atomic mass is 32.2. The summed E-state index contributed by atoms with van der Waals surface area (Å²) in [4.78, 5) is 10.7. The lowest BCUT2D eigenvalue weighted by Gasteiger charge is -2.10. The molecule has 0 aliphatic rings. The maximum atomic E-state index is 13.6. The number of primary sulfonamides is 1. The predicted octanol–water partition coefficient (Wildman–Crippen LogP) is 1.60. The summed E-state index contributed by atoms with van der Waals surface area (Å²) in [5.41, 5.74) is -0.682. The molecule has 1 rings (SSSR count). The lowest BCUT2D eigenvalue weighted by atomic mass is 10.1. The third kappa shape index (κ3) is 4.25. The number of rotatable bonds is 4. The Bertz CT molecular complexity index is 577. The number of nitrogens with one attached hydrogen (secondary N) is 1. The van der Waals surface area contributed by atoms with E-state index in [0.29, 0.717) is 12.1 Å². The number of anilines is 1. The second-order valence-corrected chi connectivity index (χ2v) is 6.01. The Kier molecular flexibility index (Phi) is 4.59. The van der Waals surface area contributed by atoms with Crippen LogP contribution in [0, 0.1) is 17.6 Å². The summed E-state index contributed by atoms with van der Waals surface area (Å²) in [7, 11) is -4.20. The fourth-order valence-corrected chi connectivity index (χ4v) is 1.93. The molecular formula is C11H14F2N2O3S. The van der Waals surface area contributed by atoms with Crippen molar-refractivity contribution < 1.29 is 22.0 Å². The lowest BCUT2D eigenvalue weighted by Crippen LogP contribution is -2.17. The van der Waals surface area contributed by atoms with Crippen LogP contribution in [0.2, 0.25) is 0 Å². The molecule has 1 amide bonds. The van der Waals surface area contributed by atoms with Crippen molar-refractivity contribution in [1.82, 2.24) is 0 Å². The maximum Gasteiger partial charge on any atom is 0.238 e. The van der Waals surface area contributed by atoms with Crippen molar-refractivity contribution in [2.45, 2.75) is 25.2 Å². The van der Waals surface area contributed by atoms with Crippen molar-refractivity contribution >= 4 is 21.6 Å². The summed E-state index contributed by atoms with van der Waals surface area (Å²) in [6, 6.07) is 1.12. The van der Waals surface area contributed by atoms with Crippen LogP contribution in [0.3, 0.4) is 0 Å². The third-order valence-electron chi connectivity index (χ3n) is 2.20. The zero-order valence-corrected chi connectivity index (χ0v) is 11.2. The number of amides is 1. The summed E-state index contributed by atoms with van der Waals surface area (Å²) >= 11 is 0. The fourth-order valence-electron chi connectivity index (χ4n) is 1.39. The zero-order chi connectivity index (χ0) is 14.8. The molecule has 8 heteroatoms. The van der Waals surface area contributed by atoms with Gasteiger partial charge in [-0.25, -0.2) is 22.3 Å². The van der Waals surface area contributed by atoms with E-state index in [1.54, 1.807) is 13.8 Å². The van der Waals surface area contributed by atoms with Crippen molar-refractivity contribution in [2.75, 3.05) is 5.32 Å². The Hall–Kier alpha value is -1.54. The molecule has 106 valence electrons. The summed E-state index contributed by atoms with van der Waals surface area (Å²) in [6.07, 6.45) is 0.0931. The molecule has 0 spiro atoms. The Morgan fingerprint density at radius 3 is 2.16 bits per heavy atom. The summed E-state index contributed by atoms with van der Waals surface area (Å²) < 4.78 is 49.1. The highest BCUT2D eigenvalue weighted by Gasteiger charge is 2.18. The first-order valence-electron chi connectivity index (χ1n) is 5.43.